The second-order valence-electron chi connectivity index (χ2n) is 7.61. The van der Waals surface area contributed by atoms with Gasteiger partial charge in [-0.25, -0.2) is 4.98 Å². The number of pyridine rings is 1. The highest BCUT2D eigenvalue weighted by Gasteiger charge is 2.57. The molecule has 2 amide bonds. The molecule has 186 valence electrons. The van der Waals surface area contributed by atoms with Crippen molar-refractivity contribution in [2.24, 2.45) is 5.16 Å². The van der Waals surface area contributed by atoms with E-state index in [2.05, 4.69) is 26.4 Å². The van der Waals surface area contributed by atoms with E-state index < -0.39 is 28.0 Å². The number of carbonyl (C=O) groups is 3. The number of fused-ring (bicyclic) bond motifs is 1. The number of rotatable bonds is 9. The molecule has 0 aromatic carbocycles. The molecule has 3 atom stereocenters. The molecular weight excluding hydrogens is 524 g/mol. The number of aromatic nitrogens is 2. The highest BCUT2D eigenvalue weighted by molar-refractivity contribution is 8.06. The number of terminal acetylenes is 1. The van der Waals surface area contributed by atoms with Gasteiger partial charge >= 0.3 is 5.97 Å². The first-order chi connectivity index (χ1) is 17.3. The maximum atomic E-state index is 12.9. The molecule has 2 aliphatic heterocycles. The number of carboxylic acids is 1. The minimum Gasteiger partial charge on any atom is -0.480 e. The van der Waals surface area contributed by atoms with Crippen LogP contribution in [0.2, 0.25) is 0 Å². The van der Waals surface area contributed by atoms with Gasteiger partial charge in [-0.2, -0.15) is 0 Å². The van der Waals surface area contributed by atoms with Crippen molar-refractivity contribution in [2.75, 3.05) is 24.6 Å². The number of thioether (sulfide) groups is 2. The second kappa shape index (κ2) is 11.0. The SMILES string of the molecule is C#CCON=C(C(=O)NC1C(=O)N2CC(SC=Cc3cccnc3)(C(=O)O)CS[C@H]12)c1csc(N)n1. The van der Waals surface area contributed by atoms with E-state index in [4.69, 9.17) is 17.0 Å². The largest absolute Gasteiger partial charge is 0.480 e. The summed E-state index contributed by atoms with van der Waals surface area (Å²) in [6, 6.07) is 2.79. The van der Waals surface area contributed by atoms with Crippen LogP contribution in [0.1, 0.15) is 11.3 Å². The number of nitrogens with two attached hydrogens (primary N) is 1. The molecule has 2 unspecified atom stereocenters. The van der Waals surface area contributed by atoms with Gasteiger partial charge in [0.15, 0.2) is 17.5 Å². The number of hydrogen-bond donors (Lipinski definition) is 3. The van der Waals surface area contributed by atoms with Crippen molar-refractivity contribution in [3.8, 4) is 12.3 Å². The van der Waals surface area contributed by atoms with Crippen molar-refractivity contribution < 1.29 is 24.3 Å². The monoisotopic (exact) mass is 544 g/mol. The van der Waals surface area contributed by atoms with Crippen LogP contribution in [0.3, 0.4) is 0 Å². The zero-order valence-corrected chi connectivity index (χ0v) is 21.0. The van der Waals surface area contributed by atoms with Crippen LogP contribution in [0, 0.1) is 12.3 Å². The third-order valence-corrected chi connectivity index (χ3v) is 8.81. The first kappa shape index (κ1) is 25.5. The summed E-state index contributed by atoms with van der Waals surface area (Å²) in [5, 5.41) is 19.5. The molecule has 2 aliphatic rings. The third-order valence-electron chi connectivity index (χ3n) is 5.25. The van der Waals surface area contributed by atoms with Crippen molar-refractivity contribution in [2.45, 2.75) is 16.2 Å². The summed E-state index contributed by atoms with van der Waals surface area (Å²) in [7, 11) is 0. The van der Waals surface area contributed by atoms with Gasteiger partial charge in [0.2, 0.25) is 5.91 Å². The smallest absolute Gasteiger partial charge is 0.322 e. The molecule has 0 bridgehead atoms. The van der Waals surface area contributed by atoms with E-state index in [-0.39, 0.29) is 41.3 Å². The number of β-lactam (4-membered cyclic amide) rings is 1. The number of nitrogens with one attached hydrogen (secondary N) is 1. The summed E-state index contributed by atoms with van der Waals surface area (Å²) in [5.41, 5.74) is 6.52. The molecule has 0 spiro atoms. The van der Waals surface area contributed by atoms with Crippen molar-refractivity contribution in [3.05, 3.63) is 46.6 Å². The lowest BCUT2D eigenvalue weighted by molar-refractivity contribution is -0.151. The van der Waals surface area contributed by atoms with Gasteiger partial charge in [-0.05, 0) is 23.1 Å². The van der Waals surface area contributed by atoms with E-state index in [1.165, 1.54) is 22.0 Å². The molecule has 36 heavy (non-hydrogen) atoms. The van der Waals surface area contributed by atoms with Crippen LogP contribution in [0.25, 0.3) is 6.08 Å². The fourth-order valence-electron chi connectivity index (χ4n) is 3.46. The van der Waals surface area contributed by atoms with E-state index in [0.717, 1.165) is 28.7 Å². The fourth-order valence-corrected chi connectivity index (χ4v) is 6.68. The number of hydrogen-bond acceptors (Lipinski definition) is 11. The number of carbonyl (C=O) groups excluding carboxylic acids is 2. The molecule has 2 aromatic heterocycles. The number of amides is 2. The summed E-state index contributed by atoms with van der Waals surface area (Å²) >= 11 is 3.55. The van der Waals surface area contributed by atoms with E-state index in [1.807, 2.05) is 6.07 Å². The quantitative estimate of drug-likeness (QED) is 0.137. The normalized spacial score (nSPS) is 23.5. The zero-order valence-electron chi connectivity index (χ0n) is 18.6. The molecule has 0 saturated carbocycles. The summed E-state index contributed by atoms with van der Waals surface area (Å²) < 4.78 is -1.22. The van der Waals surface area contributed by atoms with Crippen LogP contribution in [-0.4, -0.2) is 78.5 Å². The van der Waals surface area contributed by atoms with Gasteiger partial charge < -0.3 is 25.9 Å². The number of nitrogen functional groups attached to an aromatic ring is 1. The molecule has 2 aromatic rings. The van der Waals surface area contributed by atoms with Gasteiger partial charge in [-0.15, -0.1) is 41.3 Å². The molecule has 11 nitrogen and oxygen atoms in total. The van der Waals surface area contributed by atoms with Crippen LogP contribution in [-0.2, 0) is 19.2 Å². The van der Waals surface area contributed by atoms with Gasteiger partial charge in [-0.1, -0.05) is 17.1 Å². The van der Waals surface area contributed by atoms with Crippen molar-refractivity contribution >= 4 is 69.6 Å². The molecule has 4 rings (SSSR count). The van der Waals surface area contributed by atoms with Crippen LogP contribution in [0.5, 0.6) is 0 Å². The average Bonchev–Trinajstić information content (AvgIpc) is 3.31. The predicted molar refractivity (Wildman–Crippen MR) is 139 cm³/mol. The summed E-state index contributed by atoms with van der Waals surface area (Å²) in [5.74, 6) is 0.394. The lowest BCUT2D eigenvalue weighted by Gasteiger charge is -2.53. The second-order valence-corrected chi connectivity index (χ2v) is 10.9. The first-order valence-corrected chi connectivity index (χ1v) is 13.2. The Hall–Kier alpha value is -3.54. The maximum Gasteiger partial charge on any atom is 0.322 e. The Labute approximate surface area is 218 Å². The third kappa shape index (κ3) is 5.32. The van der Waals surface area contributed by atoms with Crippen LogP contribution in [0.4, 0.5) is 5.13 Å². The lowest BCUT2D eigenvalue weighted by Crippen LogP contribution is -2.74. The number of nitrogens with zero attached hydrogens (tertiary/aromatic N) is 4. The number of thiazole rings is 1. The predicted octanol–water partition coefficient (Wildman–Crippen LogP) is 1.10. The van der Waals surface area contributed by atoms with Gasteiger partial charge in [-0.3, -0.25) is 19.4 Å². The summed E-state index contributed by atoms with van der Waals surface area (Å²) in [6.07, 6.45) is 10.2. The topological polar surface area (TPSA) is 160 Å². The van der Waals surface area contributed by atoms with Crippen LogP contribution < -0.4 is 11.1 Å². The highest BCUT2D eigenvalue weighted by atomic mass is 32.2. The molecule has 2 saturated heterocycles. The standard InChI is InChI=1S/C22H20N6O5S3/c1-2-7-33-27-15(14-10-34-21(23)25-14)17(29)26-16-18(30)28-11-22(20(31)32,12-35-19(16)28)36-8-5-13-4-3-6-24-9-13/h1,3-6,8-10,16,19H,7,11-12H2,(H2,23,25)(H,26,29)(H,31,32)/t16?,19-,22?/m1/s1. The average molecular weight is 545 g/mol. The highest BCUT2D eigenvalue weighted by Crippen LogP contribution is 2.44. The van der Waals surface area contributed by atoms with Crippen molar-refractivity contribution in [1.29, 1.82) is 0 Å². The summed E-state index contributed by atoms with van der Waals surface area (Å²) in [4.78, 5) is 52.5. The van der Waals surface area contributed by atoms with Gasteiger partial charge in [0.25, 0.3) is 5.91 Å². The number of oxime groups is 1. The Morgan fingerprint density at radius 1 is 1.53 bits per heavy atom. The minimum atomic E-state index is -1.22. The van der Waals surface area contributed by atoms with E-state index in [1.54, 1.807) is 29.9 Å². The number of anilines is 1. The van der Waals surface area contributed by atoms with Gasteiger partial charge in [0.1, 0.15) is 21.9 Å². The van der Waals surface area contributed by atoms with E-state index in [9.17, 15) is 19.5 Å². The van der Waals surface area contributed by atoms with Gasteiger partial charge in [0.05, 0.1) is 0 Å². The Kier molecular flexibility index (Phi) is 7.82. The number of aliphatic carboxylic acids is 1. The Bertz CT molecular complexity index is 1260. The van der Waals surface area contributed by atoms with Crippen molar-refractivity contribution in [1.82, 2.24) is 20.2 Å². The lowest BCUT2D eigenvalue weighted by atomic mass is 10.0. The molecule has 4 heterocycles. The molecule has 14 heteroatoms. The Balaban J connectivity index is 1.43. The zero-order chi connectivity index (χ0) is 25.7. The van der Waals surface area contributed by atoms with Crippen molar-refractivity contribution in [3.63, 3.8) is 0 Å². The fraction of sp³-hybridized carbons (Fsp3) is 0.273. The Morgan fingerprint density at radius 2 is 2.36 bits per heavy atom. The number of carboxylic acid groups (broad SMARTS) is 1. The summed E-state index contributed by atoms with van der Waals surface area (Å²) in [6.45, 7) is -0.155. The minimum absolute atomic E-state index is 0.00208. The Morgan fingerprint density at radius 3 is 3.03 bits per heavy atom. The molecule has 0 aliphatic carbocycles. The van der Waals surface area contributed by atoms with E-state index >= 15 is 0 Å². The van der Waals surface area contributed by atoms with Crippen LogP contribution in [0.15, 0.2) is 40.5 Å². The van der Waals surface area contributed by atoms with Crippen LogP contribution >= 0.6 is 34.9 Å². The maximum absolute atomic E-state index is 12.9. The first-order valence-electron chi connectivity index (χ1n) is 10.4. The van der Waals surface area contributed by atoms with Gasteiger partial charge in [0, 0.05) is 30.1 Å². The molecule has 2 fully saturated rings. The van der Waals surface area contributed by atoms with E-state index in [0.29, 0.717) is 0 Å². The molecule has 4 N–H and O–H groups in total. The molecular formula is C22H20N6O5S3. The molecule has 0 radical (unpaired) electrons.